The van der Waals surface area contributed by atoms with Crippen LogP contribution in [0.15, 0.2) is 48.5 Å². The van der Waals surface area contributed by atoms with Gasteiger partial charge in [-0.15, -0.1) is 0 Å². The number of aryl methyl sites for hydroxylation is 1. The molecule has 0 aromatic heterocycles. The molecular weight excluding hydrogens is 258 g/mol. The summed E-state index contributed by atoms with van der Waals surface area (Å²) in [5.74, 6) is 0. The lowest BCUT2D eigenvalue weighted by Crippen LogP contribution is -2.47. The Bertz CT molecular complexity index is 609. The van der Waals surface area contributed by atoms with Gasteiger partial charge in [0.15, 0.2) is 0 Å². The van der Waals surface area contributed by atoms with Crippen molar-refractivity contribution in [1.29, 1.82) is 0 Å². The molecule has 21 heavy (non-hydrogen) atoms. The van der Waals surface area contributed by atoms with Crippen molar-refractivity contribution in [2.45, 2.75) is 13.0 Å². The second-order valence-corrected chi connectivity index (χ2v) is 5.93. The summed E-state index contributed by atoms with van der Waals surface area (Å²) in [5, 5.41) is 0. The smallest absolute Gasteiger partial charge is 0.0670 e. The molecule has 3 rings (SSSR count). The molecule has 1 aliphatic heterocycles. The molecule has 0 bridgehead atoms. The maximum Gasteiger partial charge on any atom is 0.0670 e. The number of nitrogens with two attached hydrogens (primary N) is 1. The molecule has 0 amide bonds. The van der Waals surface area contributed by atoms with Gasteiger partial charge in [-0.2, -0.15) is 0 Å². The highest BCUT2D eigenvalue weighted by Crippen LogP contribution is 2.33. The van der Waals surface area contributed by atoms with Gasteiger partial charge in [0.2, 0.25) is 0 Å². The second-order valence-electron chi connectivity index (χ2n) is 5.93. The molecule has 1 aliphatic rings. The lowest BCUT2D eigenvalue weighted by molar-refractivity contribution is 0.269. The molecule has 1 fully saturated rings. The molecule has 3 nitrogen and oxygen atoms in total. The zero-order chi connectivity index (χ0) is 14.8. The fourth-order valence-electron chi connectivity index (χ4n) is 3.10. The number of piperazine rings is 1. The summed E-state index contributed by atoms with van der Waals surface area (Å²) >= 11 is 0. The standard InChI is InChI=1S/C18H23N3/c1-14-8-9-16(19)12-17(14)21-11-10-20(2)13-18(21)15-6-4-3-5-7-15/h3-9,12,18H,10-11,13,19H2,1-2H3. The zero-order valence-corrected chi connectivity index (χ0v) is 12.8. The summed E-state index contributed by atoms with van der Waals surface area (Å²) in [7, 11) is 2.19. The van der Waals surface area contributed by atoms with Crippen molar-refractivity contribution >= 4 is 11.4 Å². The van der Waals surface area contributed by atoms with Gasteiger partial charge < -0.3 is 15.5 Å². The van der Waals surface area contributed by atoms with Crippen molar-refractivity contribution in [2.24, 2.45) is 0 Å². The molecule has 0 spiro atoms. The van der Waals surface area contributed by atoms with Crippen LogP contribution in [0.2, 0.25) is 0 Å². The number of hydrogen-bond acceptors (Lipinski definition) is 3. The fourth-order valence-corrected chi connectivity index (χ4v) is 3.10. The number of rotatable bonds is 2. The van der Waals surface area contributed by atoms with Crippen molar-refractivity contribution in [3.05, 3.63) is 59.7 Å². The van der Waals surface area contributed by atoms with Crippen molar-refractivity contribution in [3.63, 3.8) is 0 Å². The lowest BCUT2D eigenvalue weighted by atomic mass is 10.0. The van der Waals surface area contributed by atoms with E-state index in [1.165, 1.54) is 16.8 Å². The fraction of sp³-hybridized carbons (Fsp3) is 0.333. The Hall–Kier alpha value is -2.00. The van der Waals surface area contributed by atoms with E-state index in [1.54, 1.807) is 0 Å². The van der Waals surface area contributed by atoms with E-state index < -0.39 is 0 Å². The minimum absolute atomic E-state index is 0.380. The zero-order valence-electron chi connectivity index (χ0n) is 12.8. The molecule has 110 valence electrons. The van der Waals surface area contributed by atoms with Crippen LogP contribution in [0.4, 0.5) is 11.4 Å². The van der Waals surface area contributed by atoms with Crippen LogP contribution in [0.5, 0.6) is 0 Å². The van der Waals surface area contributed by atoms with Crippen LogP contribution in [0, 0.1) is 6.92 Å². The van der Waals surface area contributed by atoms with Crippen LogP contribution in [-0.4, -0.2) is 31.6 Å². The monoisotopic (exact) mass is 281 g/mol. The highest BCUT2D eigenvalue weighted by atomic mass is 15.3. The SMILES string of the molecule is Cc1ccc(N)cc1N1CCN(C)CC1c1ccccc1. The van der Waals surface area contributed by atoms with E-state index in [0.717, 1.165) is 25.3 Å². The van der Waals surface area contributed by atoms with Crippen molar-refractivity contribution < 1.29 is 0 Å². The topological polar surface area (TPSA) is 32.5 Å². The number of nitrogen functional groups attached to an aromatic ring is 1. The molecule has 0 aliphatic carbocycles. The van der Waals surface area contributed by atoms with Crippen LogP contribution in [-0.2, 0) is 0 Å². The summed E-state index contributed by atoms with van der Waals surface area (Å²) < 4.78 is 0. The van der Waals surface area contributed by atoms with Gasteiger partial charge in [0.05, 0.1) is 6.04 Å². The minimum Gasteiger partial charge on any atom is -0.399 e. The molecule has 1 heterocycles. The number of benzene rings is 2. The Labute approximate surface area is 127 Å². The third kappa shape index (κ3) is 2.88. The normalized spacial score (nSPS) is 19.7. The van der Waals surface area contributed by atoms with Crippen LogP contribution < -0.4 is 10.6 Å². The number of likely N-dealkylation sites (N-methyl/N-ethyl adjacent to an activating group) is 1. The lowest BCUT2D eigenvalue weighted by Gasteiger charge is -2.42. The Kier molecular flexibility index (Phi) is 3.84. The first-order valence-corrected chi connectivity index (χ1v) is 7.51. The Morgan fingerprint density at radius 2 is 1.81 bits per heavy atom. The molecule has 0 radical (unpaired) electrons. The molecule has 1 unspecified atom stereocenters. The van der Waals surface area contributed by atoms with E-state index in [2.05, 4.69) is 66.2 Å². The number of hydrogen-bond donors (Lipinski definition) is 1. The summed E-state index contributed by atoms with van der Waals surface area (Å²) in [6.45, 7) is 5.31. The quantitative estimate of drug-likeness (QED) is 0.859. The van der Waals surface area contributed by atoms with Crippen LogP contribution >= 0.6 is 0 Å². The van der Waals surface area contributed by atoms with E-state index in [1.807, 2.05) is 6.07 Å². The van der Waals surface area contributed by atoms with Crippen molar-refractivity contribution in [3.8, 4) is 0 Å². The summed E-state index contributed by atoms with van der Waals surface area (Å²) in [6, 6.07) is 17.3. The van der Waals surface area contributed by atoms with E-state index >= 15 is 0 Å². The van der Waals surface area contributed by atoms with E-state index in [4.69, 9.17) is 5.73 Å². The third-order valence-corrected chi connectivity index (χ3v) is 4.31. The number of anilines is 2. The van der Waals surface area contributed by atoms with Crippen LogP contribution in [0.25, 0.3) is 0 Å². The first kappa shape index (κ1) is 14.0. The van der Waals surface area contributed by atoms with Gasteiger partial charge in [-0.25, -0.2) is 0 Å². The van der Waals surface area contributed by atoms with Gasteiger partial charge in [-0.1, -0.05) is 36.4 Å². The Morgan fingerprint density at radius 3 is 2.57 bits per heavy atom. The molecule has 2 aromatic carbocycles. The van der Waals surface area contributed by atoms with Gasteiger partial charge in [-0.05, 0) is 37.2 Å². The average Bonchev–Trinajstić information content (AvgIpc) is 2.51. The average molecular weight is 281 g/mol. The van der Waals surface area contributed by atoms with Gasteiger partial charge in [0.1, 0.15) is 0 Å². The molecule has 0 saturated carbocycles. The first-order chi connectivity index (χ1) is 10.1. The largest absolute Gasteiger partial charge is 0.399 e. The summed E-state index contributed by atoms with van der Waals surface area (Å²) in [4.78, 5) is 4.90. The predicted molar refractivity (Wildman–Crippen MR) is 89.6 cm³/mol. The third-order valence-electron chi connectivity index (χ3n) is 4.31. The summed E-state index contributed by atoms with van der Waals surface area (Å²) in [6.07, 6.45) is 0. The van der Waals surface area contributed by atoms with E-state index in [9.17, 15) is 0 Å². The highest BCUT2D eigenvalue weighted by molar-refractivity contribution is 5.62. The van der Waals surface area contributed by atoms with Gasteiger partial charge in [0.25, 0.3) is 0 Å². The maximum atomic E-state index is 6.01. The molecule has 3 heteroatoms. The van der Waals surface area contributed by atoms with Crippen LogP contribution in [0.1, 0.15) is 17.2 Å². The molecule has 2 N–H and O–H groups in total. The molecule has 1 saturated heterocycles. The van der Waals surface area contributed by atoms with Gasteiger partial charge >= 0.3 is 0 Å². The molecule has 2 aromatic rings. The maximum absolute atomic E-state index is 6.01. The highest BCUT2D eigenvalue weighted by Gasteiger charge is 2.27. The van der Waals surface area contributed by atoms with Crippen molar-refractivity contribution in [2.75, 3.05) is 37.3 Å². The molecule has 1 atom stereocenters. The van der Waals surface area contributed by atoms with Crippen molar-refractivity contribution in [1.82, 2.24) is 4.90 Å². The van der Waals surface area contributed by atoms with E-state index in [-0.39, 0.29) is 0 Å². The van der Waals surface area contributed by atoms with Gasteiger partial charge in [-0.3, -0.25) is 0 Å². The van der Waals surface area contributed by atoms with E-state index in [0.29, 0.717) is 6.04 Å². The Morgan fingerprint density at radius 1 is 1.05 bits per heavy atom. The minimum atomic E-state index is 0.380. The van der Waals surface area contributed by atoms with Crippen LogP contribution in [0.3, 0.4) is 0 Å². The summed E-state index contributed by atoms with van der Waals surface area (Å²) in [5.41, 5.74) is 10.8. The first-order valence-electron chi connectivity index (χ1n) is 7.51. The Balaban J connectivity index is 2.00. The predicted octanol–water partition coefficient (Wildman–Crippen LogP) is 3.07. The second kappa shape index (κ2) is 5.78. The molecular formula is C18H23N3. The number of nitrogens with zero attached hydrogens (tertiary/aromatic N) is 2. The van der Waals surface area contributed by atoms with Gasteiger partial charge in [0, 0.05) is 31.0 Å².